The molecule has 0 saturated heterocycles. The lowest BCUT2D eigenvalue weighted by Gasteiger charge is -2.20. The largest absolute Gasteiger partial charge is 0.348 e. The van der Waals surface area contributed by atoms with Crippen molar-refractivity contribution in [2.24, 2.45) is 0 Å². The van der Waals surface area contributed by atoms with E-state index < -0.39 is 15.9 Å². The molecule has 0 fully saturated rings. The van der Waals surface area contributed by atoms with E-state index >= 15 is 0 Å². The molecule has 1 amide bonds. The van der Waals surface area contributed by atoms with Crippen molar-refractivity contribution in [3.63, 3.8) is 0 Å². The van der Waals surface area contributed by atoms with Gasteiger partial charge in [-0.3, -0.25) is 4.79 Å². The average molecular weight is 436 g/mol. The number of carbonyl (C=O) groups is 1. The third-order valence-corrected chi connectivity index (χ3v) is 6.47. The number of halogens is 3. The van der Waals surface area contributed by atoms with Crippen molar-refractivity contribution in [2.45, 2.75) is 17.9 Å². The Hall–Kier alpha value is -1.31. The Bertz CT molecular complexity index is 902. The summed E-state index contributed by atoms with van der Waals surface area (Å²) in [5, 5.41) is 3.62. The van der Waals surface area contributed by atoms with Gasteiger partial charge in [-0.25, -0.2) is 8.42 Å². The molecule has 0 aliphatic heterocycles. The molecule has 0 heterocycles. The Morgan fingerprint density at radius 3 is 2.27 bits per heavy atom. The third kappa shape index (κ3) is 5.11. The molecular weight excluding hydrogens is 419 g/mol. The zero-order chi connectivity index (χ0) is 19.5. The monoisotopic (exact) mass is 434 g/mol. The Morgan fingerprint density at radius 1 is 1.08 bits per heavy atom. The maximum atomic E-state index is 12.6. The first-order valence-corrected chi connectivity index (χ1v) is 10.1. The van der Waals surface area contributed by atoms with Gasteiger partial charge in [-0.1, -0.05) is 46.9 Å². The van der Waals surface area contributed by atoms with Gasteiger partial charge in [-0.2, -0.15) is 4.31 Å². The molecule has 0 spiro atoms. The molecule has 0 bridgehead atoms. The van der Waals surface area contributed by atoms with Crippen molar-refractivity contribution < 1.29 is 13.2 Å². The number of benzene rings is 2. The van der Waals surface area contributed by atoms with Crippen LogP contribution in [0.3, 0.4) is 0 Å². The maximum Gasteiger partial charge on any atom is 0.244 e. The van der Waals surface area contributed by atoms with Gasteiger partial charge in [0.15, 0.2) is 0 Å². The second kappa shape index (κ2) is 8.59. The molecule has 26 heavy (non-hydrogen) atoms. The minimum atomic E-state index is -3.95. The van der Waals surface area contributed by atoms with Crippen molar-refractivity contribution in [1.82, 2.24) is 9.62 Å². The Morgan fingerprint density at radius 2 is 1.65 bits per heavy atom. The van der Waals surface area contributed by atoms with Crippen LogP contribution >= 0.6 is 34.8 Å². The summed E-state index contributed by atoms with van der Waals surface area (Å²) in [6, 6.07) is 10.9. The summed E-state index contributed by atoms with van der Waals surface area (Å²) in [4.78, 5) is 12.1. The van der Waals surface area contributed by atoms with E-state index in [1.807, 2.05) is 0 Å². The quantitative estimate of drug-likeness (QED) is 0.741. The van der Waals surface area contributed by atoms with Crippen LogP contribution in [-0.4, -0.2) is 32.2 Å². The molecule has 140 valence electrons. The number of rotatable bonds is 6. The summed E-state index contributed by atoms with van der Waals surface area (Å²) in [5.74, 6) is -0.448. The SMILES string of the molecule is C[C@H](NC(=O)CN(C)S(=O)(=O)c1cc(Cl)ccc1Cl)c1ccc(Cl)cc1. The minimum Gasteiger partial charge on any atom is -0.348 e. The molecule has 2 rings (SSSR count). The van der Waals surface area contributed by atoms with E-state index in [9.17, 15) is 13.2 Å². The van der Waals surface area contributed by atoms with Crippen molar-refractivity contribution >= 4 is 50.7 Å². The molecule has 0 radical (unpaired) electrons. The summed E-state index contributed by atoms with van der Waals surface area (Å²) in [6.45, 7) is 1.44. The van der Waals surface area contributed by atoms with E-state index in [0.717, 1.165) is 9.87 Å². The molecule has 2 aromatic rings. The van der Waals surface area contributed by atoms with E-state index in [1.54, 1.807) is 31.2 Å². The summed E-state index contributed by atoms with van der Waals surface area (Å²) >= 11 is 17.7. The average Bonchev–Trinajstić information content (AvgIpc) is 2.57. The molecule has 0 aliphatic carbocycles. The third-order valence-electron chi connectivity index (χ3n) is 3.70. The number of nitrogens with one attached hydrogen (secondary N) is 1. The Kier molecular flexibility index (Phi) is 6.93. The smallest absolute Gasteiger partial charge is 0.244 e. The van der Waals surface area contributed by atoms with Crippen LogP contribution in [0.4, 0.5) is 0 Å². The first-order valence-electron chi connectivity index (χ1n) is 7.57. The van der Waals surface area contributed by atoms with Crippen LogP contribution in [0.15, 0.2) is 47.4 Å². The van der Waals surface area contributed by atoms with E-state index in [-0.39, 0.29) is 27.5 Å². The van der Waals surface area contributed by atoms with Gasteiger partial charge >= 0.3 is 0 Å². The summed E-state index contributed by atoms with van der Waals surface area (Å²) in [5.41, 5.74) is 0.853. The highest BCUT2D eigenvalue weighted by Crippen LogP contribution is 2.27. The molecule has 0 saturated carbocycles. The summed E-state index contributed by atoms with van der Waals surface area (Å²) < 4.78 is 26.2. The lowest BCUT2D eigenvalue weighted by atomic mass is 10.1. The zero-order valence-electron chi connectivity index (χ0n) is 14.0. The van der Waals surface area contributed by atoms with Crippen molar-refractivity contribution in [3.8, 4) is 0 Å². The van der Waals surface area contributed by atoms with Crippen LogP contribution in [0.1, 0.15) is 18.5 Å². The highest BCUT2D eigenvalue weighted by Gasteiger charge is 2.26. The number of nitrogens with zero attached hydrogens (tertiary/aromatic N) is 1. The fourth-order valence-electron chi connectivity index (χ4n) is 2.25. The molecule has 2 aromatic carbocycles. The lowest BCUT2D eigenvalue weighted by molar-refractivity contribution is -0.121. The molecule has 5 nitrogen and oxygen atoms in total. The second-order valence-electron chi connectivity index (χ2n) is 5.68. The van der Waals surface area contributed by atoms with Crippen LogP contribution in [0.25, 0.3) is 0 Å². The fraction of sp³-hybridized carbons (Fsp3) is 0.235. The van der Waals surface area contributed by atoms with Gasteiger partial charge in [-0.15, -0.1) is 0 Å². The molecule has 0 unspecified atom stereocenters. The topological polar surface area (TPSA) is 66.5 Å². The van der Waals surface area contributed by atoms with Gasteiger partial charge in [-0.05, 0) is 42.8 Å². The van der Waals surface area contributed by atoms with E-state index in [0.29, 0.717) is 5.02 Å². The van der Waals surface area contributed by atoms with Gasteiger partial charge in [0.1, 0.15) is 4.90 Å². The minimum absolute atomic E-state index is 0.0381. The van der Waals surface area contributed by atoms with Crippen LogP contribution < -0.4 is 5.32 Å². The van der Waals surface area contributed by atoms with E-state index in [1.165, 1.54) is 25.2 Å². The predicted octanol–water partition coefficient (Wildman–Crippen LogP) is 4.14. The Labute approximate surface area is 167 Å². The predicted molar refractivity (Wildman–Crippen MR) is 104 cm³/mol. The number of likely N-dealkylation sites (N-methyl/N-ethyl adjacent to an activating group) is 1. The van der Waals surface area contributed by atoms with Crippen LogP contribution in [0.2, 0.25) is 15.1 Å². The van der Waals surface area contributed by atoms with Gasteiger partial charge in [0.25, 0.3) is 0 Å². The van der Waals surface area contributed by atoms with Crippen LogP contribution in [0, 0.1) is 0 Å². The molecule has 9 heteroatoms. The van der Waals surface area contributed by atoms with Gasteiger partial charge in [0.2, 0.25) is 15.9 Å². The fourth-order valence-corrected chi connectivity index (χ4v) is 4.24. The van der Waals surface area contributed by atoms with Crippen LogP contribution in [0.5, 0.6) is 0 Å². The summed E-state index contributed by atoms with van der Waals surface area (Å²) in [6.07, 6.45) is 0. The summed E-state index contributed by atoms with van der Waals surface area (Å²) in [7, 11) is -2.65. The number of hydrogen-bond acceptors (Lipinski definition) is 3. The normalized spacial score (nSPS) is 12.8. The first-order chi connectivity index (χ1) is 12.1. The number of sulfonamides is 1. The maximum absolute atomic E-state index is 12.6. The number of hydrogen-bond donors (Lipinski definition) is 1. The number of amides is 1. The molecule has 0 aliphatic rings. The van der Waals surface area contributed by atoms with Crippen molar-refractivity contribution in [2.75, 3.05) is 13.6 Å². The second-order valence-corrected chi connectivity index (χ2v) is 8.97. The molecule has 0 aromatic heterocycles. The van der Waals surface area contributed by atoms with Gasteiger partial charge < -0.3 is 5.32 Å². The van der Waals surface area contributed by atoms with E-state index in [4.69, 9.17) is 34.8 Å². The Balaban J connectivity index is 2.08. The zero-order valence-corrected chi connectivity index (χ0v) is 17.1. The van der Waals surface area contributed by atoms with Gasteiger partial charge in [0.05, 0.1) is 17.6 Å². The van der Waals surface area contributed by atoms with E-state index in [2.05, 4.69) is 5.32 Å². The highest BCUT2D eigenvalue weighted by atomic mass is 35.5. The number of carbonyl (C=O) groups excluding carboxylic acids is 1. The van der Waals surface area contributed by atoms with Crippen molar-refractivity contribution in [1.29, 1.82) is 0 Å². The van der Waals surface area contributed by atoms with Gasteiger partial charge in [0, 0.05) is 17.1 Å². The standard InChI is InChI=1S/C17H17Cl3N2O3S/c1-11(12-3-5-13(18)6-4-12)21-17(23)10-22(2)26(24,25)16-9-14(19)7-8-15(16)20/h3-9,11H,10H2,1-2H3,(H,21,23)/t11-/m0/s1. The molecule has 1 N–H and O–H groups in total. The molecule has 1 atom stereocenters. The van der Waals surface area contributed by atoms with Crippen molar-refractivity contribution in [3.05, 3.63) is 63.1 Å². The highest BCUT2D eigenvalue weighted by molar-refractivity contribution is 7.89. The lowest BCUT2D eigenvalue weighted by Crippen LogP contribution is -2.39. The molecular formula is C17H17Cl3N2O3S. The van der Waals surface area contributed by atoms with Crippen LogP contribution in [-0.2, 0) is 14.8 Å². The first kappa shape index (κ1) is 21.0.